The number of carbonyl (C=O) groups is 2. The molecule has 3 aromatic carbocycles. The summed E-state index contributed by atoms with van der Waals surface area (Å²) >= 11 is 4.17. The molecule has 5 rings (SSSR count). The third-order valence-electron chi connectivity index (χ3n) is 5.16. The number of thioether (sulfide) groups is 2. The van der Waals surface area contributed by atoms with Gasteiger partial charge in [-0.1, -0.05) is 84.2 Å². The molecule has 8 nitrogen and oxygen atoms in total. The summed E-state index contributed by atoms with van der Waals surface area (Å²) in [5.41, 5.74) is 3.53. The molecular formula is C26H22N6O2S3. The predicted octanol–water partition coefficient (Wildman–Crippen LogP) is 5.22. The van der Waals surface area contributed by atoms with Crippen molar-refractivity contribution in [2.75, 3.05) is 16.8 Å². The highest BCUT2D eigenvalue weighted by molar-refractivity contribution is 8.01. The first kappa shape index (κ1) is 25.0. The van der Waals surface area contributed by atoms with E-state index in [1.54, 1.807) is 0 Å². The van der Waals surface area contributed by atoms with Crippen molar-refractivity contribution in [3.05, 3.63) is 84.4 Å². The van der Waals surface area contributed by atoms with Crippen molar-refractivity contribution in [3.63, 3.8) is 0 Å². The summed E-state index contributed by atoms with van der Waals surface area (Å²) in [6.07, 6.45) is 0. The van der Waals surface area contributed by atoms with Crippen LogP contribution in [0.5, 0.6) is 0 Å². The fraction of sp³-hybridized carbons (Fsp3) is 0.115. The van der Waals surface area contributed by atoms with Crippen molar-refractivity contribution in [1.29, 1.82) is 0 Å². The average Bonchev–Trinajstić information content (AvgIpc) is 3.57. The highest BCUT2D eigenvalue weighted by Gasteiger charge is 2.12. The van der Waals surface area contributed by atoms with Gasteiger partial charge in [-0.2, -0.15) is 0 Å². The first-order valence-electron chi connectivity index (χ1n) is 11.4. The maximum absolute atomic E-state index is 12.5. The van der Waals surface area contributed by atoms with E-state index in [0.717, 1.165) is 25.7 Å². The summed E-state index contributed by atoms with van der Waals surface area (Å²) in [7, 11) is 0. The number of anilines is 1. The molecule has 0 unspecified atom stereocenters. The molecule has 0 spiro atoms. The minimum absolute atomic E-state index is 0.0409. The zero-order chi connectivity index (χ0) is 25.5. The molecule has 186 valence electrons. The molecule has 0 fully saturated rings. The number of nitrogens with zero attached hydrogens (tertiary/aromatic N) is 3. The lowest BCUT2D eigenvalue weighted by molar-refractivity contribution is -0.118. The van der Waals surface area contributed by atoms with Crippen LogP contribution in [0.3, 0.4) is 0 Å². The third kappa shape index (κ3) is 6.97. The molecule has 2 heterocycles. The fourth-order valence-electron chi connectivity index (χ4n) is 3.38. The molecule has 2 aromatic heterocycles. The van der Waals surface area contributed by atoms with Gasteiger partial charge in [0, 0.05) is 17.8 Å². The number of hydrogen-bond donors (Lipinski definition) is 3. The average molecular weight is 547 g/mol. The zero-order valence-corrected chi connectivity index (χ0v) is 22.0. The number of hydrogen-bond acceptors (Lipinski definition) is 8. The van der Waals surface area contributed by atoms with Crippen molar-refractivity contribution in [2.45, 2.75) is 16.0 Å². The summed E-state index contributed by atoms with van der Waals surface area (Å²) in [4.78, 5) is 33.7. The van der Waals surface area contributed by atoms with E-state index in [1.165, 1.54) is 34.9 Å². The minimum atomic E-state index is -0.149. The van der Waals surface area contributed by atoms with Crippen molar-refractivity contribution < 1.29 is 9.59 Å². The Hall–Kier alpha value is -3.67. The Kier molecular flexibility index (Phi) is 8.14. The molecule has 3 N–H and O–H groups in total. The van der Waals surface area contributed by atoms with E-state index in [0.29, 0.717) is 29.0 Å². The predicted molar refractivity (Wildman–Crippen MR) is 150 cm³/mol. The summed E-state index contributed by atoms with van der Waals surface area (Å²) in [6.45, 7) is 0.506. The summed E-state index contributed by atoms with van der Waals surface area (Å²) < 4.78 is 1.75. The second kappa shape index (κ2) is 12.0. The number of fused-ring (bicyclic) bond motifs is 1. The van der Waals surface area contributed by atoms with Crippen molar-refractivity contribution in [1.82, 2.24) is 25.5 Å². The maximum atomic E-state index is 12.5. The molecule has 0 atom stereocenters. The van der Waals surface area contributed by atoms with Gasteiger partial charge in [-0.25, -0.2) is 9.97 Å². The SMILES string of the molecule is O=C(CSc1nc2ccc(NC(=O)CSc3n[nH]c(-c4ccccc4)n3)cc2s1)NCc1ccccc1. The Morgan fingerprint density at radius 3 is 2.43 bits per heavy atom. The molecule has 2 amide bonds. The first-order chi connectivity index (χ1) is 18.1. The monoisotopic (exact) mass is 546 g/mol. The van der Waals surface area contributed by atoms with E-state index in [-0.39, 0.29) is 17.6 Å². The molecule has 37 heavy (non-hydrogen) atoms. The molecule has 0 aliphatic rings. The maximum Gasteiger partial charge on any atom is 0.234 e. The smallest absolute Gasteiger partial charge is 0.234 e. The van der Waals surface area contributed by atoms with Gasteiger partial charge in [0.05, 0.1) is 21.7 Å². The Labute approximate surface area is 225 Å². The molecule has 5 aromatic rings. The van der Waals surface area contributed by atoms with Gasteiger partial charge >= 0.3 is 0 Å². The number of rotatable bonds is 10. The Morgan fingerprint density at radius 2 is 1.62 bits per heavy atom. The van der Waals surface area contributed by atoms with Crippen LogP contribution in [0.4, 0.5) is 5.69 Å². The summed E-state index contributed by atoms with van der Waals surface area (Å²) in [5, 5.41) is 13.4. The van der Waals surface area contributed by atoms with Crippen LogP contribution in [-0.4, -0.2) is 43.5 Å². The zero-order valence-electron chi connectivity index (χ0n) is 19.5. The van der Waals surface area contributed by atoms with E-state index in [2.05, 4.69) is 30.8 Å². The second-order valence-corrected chi connectivity index (χ2v) is 11.1. The quantitative estimate of drug-likeness (QED) is 0.206. The highest BCUT2D eigenvalue weighted by Crippen LogP contribution is 2.31. The van der Waals surface area contributed by atoms with Crippen molar-refractivity contribution >= 4 is 62.6 Å². The number of carbonyl (C=O) groups excluding carboxylic acids is 2. The number of thiazole rings is 1. The standard InChI is InChI=1S/C26H22N6O2S3/c33-22(27-14-17-7-3-1-4-8-17)15-36-26-29-20-12-11-19(13-21(20)37-26)28-23(34)16-35-25-30-24(31-32-25)18-9-5-2-6-10-18/h1-13H,14-16H2,(H,27,33)(H,28,34)(H,30,31,32). The summed E-state index contributed by atoms with van der Waals surface area (Å²) in [6, 6.07) is 25.1. The Morgan fingerprint density at radius 1 is 0.865 bits per heavy atom. The topological polar surface area (TPSA) is 113 Å². The third-order valence-corrected chi connectivity index (χ3v) is 8.16. The Bertz CT molecular complexity index is 1500. The van der Waals surface area contributed by atoms with E-state index in [1.807, 2.05) is 78.9 Å². The summed E-state index contributed by atoms with van der Waals surface area (Å²) in [5.74, 6) is 0.958. The molecule has 0 saturated heterocycles. The van der Waals surface area contributed by atoms with Crippen LogP contribution in [0.2, 0.25) is 0 Å². The van der Waals surface area contributed by atoms with Crippen LogP contribution < -0.4 is 10.6 Å². The lowest BCUT2D eigenvalue weighted by Gasteiger charge is -2.04. The first-order valence-corrected chi connectivity index (χ1v) is 14.2. The molecular weight excluding hydrogens is 525 g/mol. The van der Waals surface area contributed by atoms with Crippen LogP contribution >= 0.6 is 34.9 Å². The number of amides is 2. The van der Waals surface area contributed by atoms with E-state index >= 15 is 0 Å². The van der Waals surface area contributed by atoms with E-state index in [4.69, 9.17) is 0 Å². The lowest BCUT2D eigenvalue weighted by atomic mass is 10.2. The van der Waals surface area contributed by atoms with Gasteiger partial charge in [-0.3, -0.25) is 14.7 Å². The molecule has 0 aliphatic carbocycles. The normalized spacial score (nSPS) is 10.9. The molecule has 0 aliphatic heterocycles. The molecule has 0 radical (unpaired) electrons. The van der Waals surface area contributed by atoms with Crippen molar-refractivity contribution in [2.24, 2.45) is 0 Å². The highest BCUT2D eigenvalue weighted by atomic mass is 32.2. The van der Waals surface area contributed by atoms with Crippen LogP contribution in [0.15, 0.2) is 88.4 Å². The number of aromatic nitrogens is 4. The van der Waals surface area contributed by atoms with Gasteiger partial charge in [0.25, 0.3) is 0 Å². The van der Waals surface area contributed by atoms with Gasteiger partial charge < -0.3 is 10.6 Å². The van der Waals surface area contributed by atoms with Crippen molar-refractivity contribution in [3.8, 4) is 11.4 Å². The van der Waals surface area contributed by atoms with Crippen LogP contribution in [0.1, 0.15) is 5.56 Å². The molecule has 0 bridgehead atoms. The largest absolute Gasteiger partial charge is 0.351 e. The number of benzene rings is 3. The van der Waals surface area contributed by atoms with Crippen LogP contribution in [0, 0.1) is 0 Å². The van der Waals surface area contributed by atoms with Gasteiger partial charge in [0.1, 0.15) is 0 Å². The number of nitrogens with one attached hydrogen (secondary N) is 3. The van der Waals surface area contributed by atoms with E-state index in [9.17, 15) is 9.59 Å². The van der Waals surface area contributed by atoms with Gasteiger partial charge in [-0.05, 0) is 23.8 Å². The van der Waals surface area contributed by atoms with Gasteiger partial charge in [0.2, 0.25) is 17.0 Å². The molecule has 11 heteroatoms. The second-order valence-electron chi connectivity index (χ2n) is 7.88. The van der Waals surface area contributed by atoms with Crippen LogP contribution in [-0.2, 0) is 16.1 Å². The fourth-order valence-corrected chi connectivity index (χ4v) is 5.92. The van der Waals surface area contributed by atoms with E-state index < -0.39 is 0 Å². The number of H-pyrrole nitrogens is 1. The van der Waals surface area contributed by atoms with Gasteiger partial charge in [-0.15, -0.1) is 16.4 Å². The molecule has 0 saturated carbocycles. The van der Waals surface area contributed by atoms with Crippen LogP contribution in [0.25, 0.3) is 21.6 Å². The lowest BCUT2D eigenvalue weighted by Crippen LogP contribution is -2.24. The van der Waals surface area contributed by atoms with Gasteiger partial charge in [0.15, 0.2) is 10.2 Å². The minimum Gasteiger partial charge on any atom is -0.351 e. The number of aromatic amines is 1. The Balaban J connectivity index is 1.10.